The van der Waals surface area contributed by atoms with Crippen molar-refractivity contribution in [3.8, 4) is 0 Å². The molecule has 0 saturated carbocycles. The molecule has 1 aliphatic heterocycles. The van der Waals surface area contributed by atoms with Crippen molar-refractivity contribution in [1.82, 2.24) is 19.8 Å². The highest BCUT2D eigenvalue weighted by Gasteiger charge is 2.22. The Labute approximate surface area is 137 Å². The van der Waals surface area contributed by atoms with E-state index in [2.05, 4.69) is 15.2 Å². The van der Waals surface area contributed by atoms with Crippen LogP contribution in [0.1, 0.15) is 38.4 Å². The van der Waals surface area contributed by atoms with Crippen molar-refractivity contribution in [2.24, 2.45) is 7.05 Å². The number of nitrogens with one attached hydrogen (secondary N) is 1. The number of para-hydroxylation sites is 2. The lowest BCUT2D eigenvalue weighted by atomic mass is 10.2. The smallest absolute Gasteiger partial charge is 0.237 e. The molecule has 1 saturated heterocycles. The summed E-state index contributed by atoms with van der Waals surface area (Å²) < 4.78 is 2.05. The van der Waals surface area contributed by atoms with E-state index in [1.807, 2.05) is 42.8 Å². The van der Waals surface area contributed by atoms with Gasteiger partial charge in [-0.25, -0.2) is 4.98 Å². The molecule has 3 rings (SSSR count). The lowest BCUT2D eigenvalue weighted by Gasteiger charge is -2.26. The molecular weight excluding hydrogens is 288 g/mol. The lowest BCUT2D eigenvalue weighted by Crippen LogP contribution is -2.45. The molecule has 2 heterocycles. The third kappa shape index (κ3) is 3.55. The third-order valence-corrected chi connectivity index (χ3v) is 4.87. The number of rotatable bonds is 4. The number of likely N-dealkylation sites (tertiary alicyclic amines) is 1. The van der Waals surface area contributed by atoms with Gasteiger partial charge < -0.3 is 9.88 Å². The zero-order chi connectivity index (χ0) is 16.2. The summed E-state index contributed by atoms with van der Waals surface area (Å²) in [5, 5.41) is 3.05. The fourth-order valence-electron chi connectivity index (χ4n) is 3.32. The van der Waals surface area contributed by atoms with Crippen molar-refractivity contribution in [1.29, 1.82) is 0 Å². The van der Waals surface area contributed by atoms with Gasteiger partial charge in [-0.1, -0.05) is 25.0 Å². The zero-order valence-corrected chi connectivity index (χ0v) is 14.1. The van der Waals surface area contributed by atoms with E-state index < -0.39 is 0 Å². The fourth-order valence-corrected chi connectivity index (χ4v) is 3.32. The van der Waals surface area contributed by atoms with Crippen LogP contribution in [0.4, 0.5) is 0 Å². The van der Waals surface area contributed by atoms with Gasteiger partial charge in [0.1, 0.15) is 5.82 Å². The molecule has 5 nitrogen and oxygen atoms in total. The quantitative estimate of drug-likeness (QED) is 0.943. The van der Waals surface area contributed by atoms with E-state index in [0.29, 0.717) is 6.54 Å². The van der Waals surface area contributed by atoms with E-state index in [1.165, 1.54) is 25.7 Å². The normalized spacial score (nSPS) is 17.8. The Morgan fingerprint density at radius 2 is 1.91 bits per heavy atom. The summed E-state index contributed by atoms with van der Waals surface area (Å²) in [6, 6.07) is 7.98. The van der Waals surface area contributed by atoms with Crippen LogP contribution in [0.25, 0.3) is 11.0 Å². The first-order valence-corrected chi connectivity index (χ1v) is 8.59. The zero-order valence-electron chi connectivity index (χ0n) is 14.1. The summed E-state index contributed by atoms with van der Waals surface area (Å²) in [5.74, 6) is 0.988. The van der Waals surface area contributed by atoms with Gasteiger partial charge in [0.05, 0.1) is 23.6 Å². The highest BCUT2D eigenvalue weighted by atomic mass is 16.2. The summed E-state index contributed by atoms with van der Waals surface area (Å²) in [5.41, 5.74) is 2.07. The van der Waals surface area contributed by atoms with Gasteiger partial charge in [-0.3, -0.25) is 9.69 Å². The Kier molecular flexibility index (Phi) is 4.96. The minimum Gasteiger partial charge on any atom is -0.348 e. The molecule has 1 aromatic heterocycles. The van der Waals surface area contributed by atoms with Gasteiger partial charge in [0.25, 0.3) is 0 Å². The van der Waals surface area contributed by atoms with Crippen LogP contribution in [0, 0.1) is 0 Å². The van der Waals surface area contributed by atoms with Crippen molar-refractivity contribution >= 4 is 16.9 Å². The molecule has 1 atom stereocenters. The number of carbonyl (C=O) groups excluding carboxylic acids is 1. The summed E-state index contributed by atoms with van der Waals surface area (Å²) in [4.78, 5) is 19.4. The second-order valence-electron chi connectivity index (χ2n) is 6.42. The van der Waals surface area contributed by atoms with Crippen LogP contribution in [0.3, 0.4) is 0 Å². The molecule has 1 aromatic carbocycles. The average molecular weight is 314 g/mol. The number of fused-ring (bicyclic) bond motifs is 1. The molecule has 2 aromatic rings. The molecule has 1 aliphatic rings. The van der Waals surface area contributed by atoms with Crippen molar-refractivity contribution in [2.75, 3.05) is 13.1 Å². The molecular formula is C18H26N4O. The number of benzene rings is 1. The Hall–Kier alpha value is -1.88. The van der Waals surface area contributed by atoms with E-state index >= 15 is 0 Å². The molecule has 0 radical (unpaired) electrons. The minimum absolute atomic E-state index is 0.0669. The summed E-state index contributed by atoms with van der Waals surface area (Å²) in [7, 11) is 2.00. The maximum atomic E-state index is 12.5. The summed E-state index contributed by atoms with van der Waals surface area (Å²) >= 11 is 0. The van der Waals surface area contributed by atoms with Gasteiger partial charge in [-0.05, 0) is 45.0 Å². The van der Waals surface area contributed by atoms with Gasteiger partial charge in [0.2, 0.25) is 5.91 Å². The van der Waals surface area contributed by atoms with Crippen LogP contribution in [-0.4, -0.2) is 39.5 Å². The number of hydrogen-bond donors (Lipinski definition) is 1. The Morgan fingerprint density at radius 1 is 1.22 bits per heavy atom. The molecule has 0 unspecified atom stereocenters. The van der Waals surface area contributed by atoms with Crippen LogP contribution in [-0.2, 0) is 18.4 Å². The molecule has 5 heteroatoms. The number of aryl methyl sites for hydroxylation is 1. The van der Waals surface area contributed by atoms with Crippen LogP contribution in [0.5, 0.6) is 0 Å². The van der Waals surface area contributed by atoms with Crippen molar-refractivity contribution < 1.29 is 4.79 Å². The second kappa shape index (κ2) is 7.13. The minimum atomic E-state index is -0.0669. The molecule has 23 heavy (non-hydrogen) atoms. The van der Waals surface area contributed by atoms with Gasteiger partial charge in [-0.2, -0.15) is 0 Å². The van der Waals surface area contributed by atoms with E-state index in [1.54, 1.807) is 0 Å². The highest BCUT2D eigenvalue weighted by molar-refractivity contribution is 5.81. The standard InChI is InChI=1S/C18H26N4O/c1-14(22-11-7-3-4-8-12-22)18(23)19-13-17-20-15-9-5-6-10-16(15)21(17)2/h5-6,9-10,14H,3-4,7-8,11-13H2,1-2H3,(H,19,23)/t14-/m1/s1. The van der Waals surface area contributed by atoms with Crippen molar-refractivity contribution in [3.63, 3.8) is 0 Å². The number of imidazole rings is 1. The predicted octanol–water partition coefficient (Wildman–Crippen LogP) is 2.45. The summed E-state index contributed by atoms with van der Waals surface area (Å²) in [6.45, 7) is 4.54. The molecule has 0 aliphatic carbocycles. The Balaban J connectivity index is 1.62. The van der Waals surface area contributed by atoms with Crippen LogP contribution in [0.2, 0.25) is 0 Å². The second-order valence-corrected chi connectivity index (χ2v) is 6.42. The Bertz CT molecular complexity index is 671. The first kappa shape index (κ1) is 16.0. The number of aromatic nitrogens is 2. The van der Waals surface area contributed by atoms with E-state index in [4.69, 9.17) is 0 Å². The third-order valence-electron chi connectivity index (χ3n) is 4.87. The van der Waals surface area contributed by atoms with Crippen LogP contribution in [0.15, 0.2) is 24.3 Å². The number of hydrogen-bond acceptors (Lipinski definition) is 3. The molecule has 0 spiro atoms. The first-order valence-electron chi connectivity index (χ1n) is 8.59. The van der Waals surface area contributed by atoms with E-state index in [9.17, 15) is 4.79 Å². The Morgan fingerprint density at radius 3 is 2.61 bits per heavy atom. The topological polar surface area (TPSA) is 50.2 Å². The largest absolute Gasteiger partial charge is 0.348 e. The van der Waals surface area contributed by atoms with Crippen LogP contribution < -0.4 is 5.32 Å². The van der Waals surface area contributed by atoms with Gasteiger partial charge in [-0.15, -0.1) is 0 Å². The molecule has 1 N–H and O–H groups in total. The van der Waals surface area contributed by atoms with Crippen LogP contribution >= 0.6 is 0 Å². The van der Waals surface area contributed by atoms with E-state index in [0.717, 1.165) is 29.9 Å². The highest BCUT2D eigenvalue weighted by Crippen LogP contribution is 2.15. The number of carbonyl (C=O) groups is 1. The van der Waals surface area contributed by atoms with Gasteiger partial charge in [0, 0.05) is 7.05 Å². The van der Waals surface area contributed by atoms with Crippen molar-refractivity contribution in [2.45, 2.75) is 45.2 Å². The van der Waals surface area contributed by atoms with Crippen molar-refractivity contribution in [3.05, 3.63) is 30.1 Å². The predicted molar refractivity (Wildman–Crippen MR) is 92.1 cm³/mol. The molecule has 0 bridgehead atoms. The molecule has 1 fully saturated rings. The van der Waals surface area contributed by atoms with Gasteiger partial charge >= 0.3 is 0 Å². The fraction of sp³-hybridized carbons (Fsp3) is 0.556. The molecule has 124 valence electrons. The monoisotopic (exact) mass is 314 g/mol. The number of nitrogens with zero attached hydrogens (tertiary/aromatic N) is 3. The first-order chi connectivity index (χ1) is 11.2. The SMILES string of the molecule is C[C@H](C(=O)NCc1nc2ccccc2n1C)N1CCCCCC1. The summed E-state index contributed by atoms with van der Waals surface area (Å²) in [6.07, 6.45) is 4.96. The van der Waals surface area contributed by atoms with Gasteiger partial charge in [0.15, 0.2) is 0 Å². The maximum Gasteiger partial charge on any atom is 0.237 e. The molecule has 1 amide bonds. The van der Waals surface area contributed by atoms with E-state index in [-0.39, 0.29) is 11.9 Å². The lowest BCUT2D eigenvalue weighted by molar-refractivity contribution is -0.126. The average Bonchev–Trinajstić information content (AvgIpc) is 2.76. The number of amides is 1. The maximum absolute atomic E-state index is 12.5.